The van der Waals surface area contributed by atoms with E-state index >= 15 is 0 Å². The van der Waals surface area contributed by atoms with Crippen molar-refractivity contribution < 1.29 is 24.2 Å². The van der Waals surface area contributed by atoms with E-state index in [1.165, 1.54) is 26.2 Å². The zero-order valence-electron chi connectivity index (χ0n) is 12.5. The van der Waals surface area contributed by atoms with Crippen LogP contribution in [0.25, 0.3) is 21.5 Å². The Balaban J connectivity index is 2.41. The van der Waals surface area contributed by atoms with Crippen molar-refractivity contribution in [3.63, 3.8) is 0 Å². The molecular weight excluding hydrogens is 300 g/mol. The number of hydrogen-bond donors (Lipinski definition) is 2. The summed E-state index contributed by atoms with van der Waals surface area (Å²) < 4.78 is 10.2. The average Bonchev–Trinajstić information content (AvgIpc) is 2.45. The summed E-state index contributed by atoms with van der Waals surface area (Å²) in [6, 6.07) is 6.15. The average molecular weight is 314 g/mol. The van der Waals surface area contributed by atoms with Crippen molar-refractivity contribution in [2.24, 2.45) is 0 Å². The van der Waals surface area contributed by atoms with Gasteiger partial charge in [0.2, 0.25) is 0 Å². The molecule has 1 heterocycles. The summed E-state index contributed by atoms with van der Waals surface area (Å²) in [6.45, 7) is 1.39. The second-order valence-corrected chi connectivity index (χ2v) is 5.31. The van der Waals surface area contributed by atoms with Crippen LogP contribution in [0.3, 0.4) is 0 Å². The molecular formula is C17H14O6. The lowest BCUT2D eigenvalue weighted by Gasteiger charge is -2.10. The Hall–Kier alpha value is -3.02. The Morgan fingerprint density at radius 2 is 1.83 bits per heavy atom. The number of Topliss-reactive ketones (excluding diaryl/α,β-unsaturated/α-hetero) is 1. The minimum Gasteiger partial charge on any atom is -0.507 e. The van der Waals surface area contributed by atoms with E-state index in [2.05, 4.69) is 0 Å². The normalized spacial score (nSPS) is 11.0. The van der Waals surface area contributed by atoms with Crippen LogP contribution >= 0.6 is 0 Å². The van der Waals surface area contributed by atoms with E-state index < -0.39 is 5.63 Å². The minimum absolute atomic E-state index is 0.00661. The van der Waals surface area contributed by atoms with E-state index in [9.17, 15) is 19.8 Å². The third-order valence-corrected chi connectivity index (χ3v) is 3.60. The molecule has 6 nitrogen and oxygen atoms in total. The molecule has 0 aliphatic carbocycles. The molecule has 23 heavy (non-hydrogen) atoms. The van der Waals surface area contributed by atoms with Crippen LogP contribution in [0.5, 0.6) is 17.2 Å². The highest BCUT2D eigenvalue weighted by Crippen LogP contribution is 2.40. The van der Waals surface area contributed by atoms with Crippen molar-refractivity contribution >= 4 is 27.3 Å². The molecule has 3 aromatic rings. The van der Waals surface area contributed by atoms with Gasteiger partial charge in [-0.1, -0.05) is 0 Å². The molecule has 6 heteroatoms. The van der Waals surface area contributed by atoms with Crippen molar-refractivity contribution in [3.05, 3.63) is 40.4 Å². The Morgan fingerprint density at radius 1 is 1.13 bits per heavy atom. The summed E-state index contributed by atoms with van der Waals surface area (Å²) in [5.41, 5.74) is -0.756. The van der Waals surface area contributed by atoms with E-state index in [0.29, 0.717) is 16.5 Å². The second-order valence-electron chi connectivity index (χ2n) is 5.31. The summed E-state index contributed by atoms with van der Waals surface area (Å²) in [5.74, 6) is -0.0647. The largest absolute Gasteiger partial charge is 0.507 e. The number of ketones is 1. The lowest BCUT2D eigenvalue weighted by atomic mass is 10.0. The van der Waals surface area contributed by atoms with Gasteiger partial charge >= 0.3 is 5.63 Å². The van der Waals surface area contributed by atoms with Gasteiger partial charge in [0.25, 0.3) is 0 Å². The molecule has 0 aliphatic heterocycles. The topological polar surface area (TPSA) is 97.0 Å². The van der Waals surface area contributed by atoms with Crippen LogP contribution < -0.4 is 10.4 Å². The van der Waals surface area contributed by atoms with E-state index in [-0.39, 0.29) is 40.2 Å². The second kappa shape index (κ2) is 5.31. The highest BCUT2D eigenvalue weighted by Gasteiger charge is 2.17. The monoisotopic (exact) mass is 314 g/mol. The standard InChI is InChI=1S/C17H14O6/c1-8(18)3-12-6-10-4-9-5-11(22-2)7-13(19)14(9)16(20)15(10)17(21)23-12/h4-7,19-20H,3H2,1-2H3. The predicted octanol–water partition coefficient (Wildman–Crippen LogP) is 2.50. The molecule has 3 rings (SSSR count). The van der Waals surface area contributed by atoms with Gasteiger partial charge in [-0.15, -0.1) is 0 Å². The van der Waals surface area contributed by atoms with E-state index in [0.717, 1.165) is 0 Å². The number of phenols is 2. The highest BCUT2D eigenvalue weighted by atomic mass is 16.5. The van der Waals surface area contributed by atoms with Crippen LogP contribution in [0.2, 0.25) is 0 Å². The lowest BCUT2D eigenvalue weighted by Crippen LogP contribution is -2.05. The van der Waals surface area contributed by atoms with Gasteiger partial charge in [-0.2, -0.15) is 0 Å². The first-order valence-corrected chi connectivity index (χ1v) is 6.89. The number of rotatable bonds is 3. The number of aromatic hydroxyl groups is 2. The molecule has 0 unspecified atom stereocenters. The van der Waals surface area contributed by atoms with Gasteiger partial charge in [0.05, 0.1) is 18.9 Å². The van der Waals surface area contributed by atoms with Crippen LogP contribution in [0.1, 0.15) is 12.7 Å². The summed E-state index contributed by atoms with van der Waals surface area (Å²) in [5, 5.41) is 21.5. The summed E-state index contributed by atoms with van der Waals surface area (Å²) in [7, 11) is 1.46. The zero-order chi connectivity index (χ0) is 16.7. The smallest absolute Gasteiger partial charge is 0.347 e. The number of hydrogen-bond acceptors (Lipinski definition) is 6. The van der Waals surface area contributed by atoms with Crippen molar-refractivity contribution in [1.29, 1.82) is 0 Å². The SMILES string of the molecule is COc1cc(O)c2c(O)c3c(=O)oc(CC(C)=O)cc3cc2c1. The number of ether oxygens (including phenoxy) is 1. The quantitative estimate of drug-likeness (QED) is 0.721. The van der Waals surface area contributed by atoms with E-state index in [4.69, 9.17) is 9.15 Å². The van der Waals surface area contributed by atoms with Gasteiger partial charge in [0.15, 0.2) is 0 Å². The fourth-order valence-corrected chi connectivity index (χ4v) is 2.65. The van der Waals surface area contributed by atoms with Gasteiger partial charge < -0.3 is 19.4 Å². The summed E-state index contributed by atoms with van der Waals surface area (Å²) in [4.78, 5) is 23.3. The Bertz CT molecular complexity index is 1000. The van der Waals surface area contributed by atoms with Crippen LogP contribution in [0.15, 0.2) is 33.5 Å². The number of benzene rings is 2. The van der Waals surface area contributed by atoms with E-state index in [1.807, 2.05) is 0 Å². The fourth-order valence-electron chi connectivity index (χ4n) is 2.65. The number of fused-ring (bicyclic) bond motifs is 2. The molecule has 1 aromatic heterocycles. The Kier molecular flexibility index (Phi) is 3.44. The lowest BCUT2D eigenvalue weighted by molar-refractivity contribution is -0.116. The van der Waals surface area contributed by atoms with Crippen molar-refractivity contribution in [3.8, 4) is 17.2 Å². The van der Waals surface area contributed by atoms with Crippen LogP contribution in [-0.4, -0.2) is 23.1 Å². The molecule has 0 bridgehead atoms. The fraction of sp³-hybridized carbons (Fsp3) is 0.176. The van der Waals surface area contributed by atoms with Crippen molar-refractivity contribution in [2.45, 2.75) is 13.3 Å². The zero-order valence-corrected chi connectivity index (χ0v) is 12.5. The maximum Gasteiger partial charge on any atom is 0.347 e. The Morgan fingerprint density at radius 3 is 2.48 bits per heavy atom. The van der Waals surface area contributed by atoms with Gasteiger partial charge in [-0.05, 0) is 35.9 Å². The third kappa shape index (κ3) is 2.48. The first-order valence-electron chi connectivity index (χ1n) is 6.89. The molecule has 0 fully saturated rings. The summed E-state index contributed by atoms with van der Waals surface area (Å²) in [6.07, 6.45) is -0.00661. The van der Waals surface area contributed by atoms with Crippen LogP contribution in [0, 0.1) is 0 Å². The van der Waals surface area contributed by atoms with E-state index in [1.54, 1.807) is 12.1 Å². The first kappa shape index (κ1) is 14.9. The van der Waals surface area contributed by atoms with Crippen LogP contribution in [0.4, 0.5) is 0 Å². The predicted molar refractivity (Wildman–Crippen MR) is 84.3 cm³/mol. The number of phenolic OH excluding ortho intramolecular Hbond substituents is 2. The van der Waals surface area contributed by atoms with Crippen molar-refractivity contribution in [2.75, 3.05) is 7.11 Å². The van der Waals surface area contributed by atoms with Gasteiger partial charge in [-0.25, -0.2) is 4.79 Å². The highest BCUT2D eigenvalue weighted by molar-refractivity contribution is 6.07. The van der Waals surface area contributed by atoms with Gasteiger partial charge in [0.1, 0.15) is 34.2 Å². The third-order valence-electron chi connectivity index (χ3n) is 3.60. The maximum atomic E-state index is 12.1. The minimum atomic E-state index is -0.756. The van der Waals surface area contributed by atoms with Gasteiger partial charge in [-0.3, -0.25) is 4.79 Å². The molecule has 0 spiro atoms. The molecule has 2 aromatic carbocycles. The number of carbonyl (C=O) groups excluding carboxylic acids is 1. The maximum absolute atomic E-state index is 12.1. The summed E-state index contributed by atoms with van der Waals surface area (Å²) >= 11 is 0. The Labute approximate surface area is 130 Å². The van der Waals surface area contributed by atoms with Gasteiger partial charge in [0, 0.05) is 6.07 Å². The first-order chi connectivity index (χ1) is 10.9. The molecule has 2 N–H and O–H groups in total. The molecule has 0 saturated heterocycles. The molecule has 0 saturated carbocycles. The van der Waals surface area contributed by atoms with Crippen LogP contribution in [-0.2, 0) is 11.2 Å². The molecule has 0 radical (unpaired) electrons. The number of methoxy groups -OCH3 is 1. The van der Waals surface area contributed by atoms with Crippen molar-refractivity contribution in [1.82, 2.24) is 0 Å². The molecule has 0 amide bonds. The molecule has 0 aliphatic rings. The molecule has 0 atom stereocenters. The number of carbonyl (C=O) groups is 1. The molecule has 118 valence electrons.